The molecule has 0 bridgehead atoms. The number of hydrazone groups is 1. The van der Waals surface area contributed by atoms with E-state index in [1.54, 1.807) is 38.1 Å². The van der Waals surface area contributed by atoms with Gasteiger partial charge in [-0.05, 0) is 59.6 Å². The molecule has 1 heterocycles. The molecule has 16 heteroatoms. The minimum absolute atomic E-state index is 0.0804. The van der Waals surface area contributed by atoms with Crippen LogP contribution in [0.1, 0.15) is 36.6 Å². The third kappa shape index (κ3) is 8.74. The van der Waals surface area contributed by atoms with E-state index in [1.165, 1.54) is 43.7 Å². The van der Waals surface area contributed by atoms with Crippen LogP contribution in [0.15, 0.2) is 75.4 Å². The second-order valence-electron chi connectivity index (χ2n) is 9.90. The van der Waals surface area contributed by atoms with Gasteiger partial charge in [0.25, 0.3) is 0 Å². The number of carbonyl (C=O) groups excluding carboxylic acids is 2. The molecule has 0 spiro atoms. The van der Waals surface area contributed by atoms with Crippen molar-refractivity contribution < 1.29 is 43.0 Å². The van der Waals surface area contributed by atoms with Crippen molar-refractivity contribution in [1.29, 1.82) is 0 Å². The number of aliphatic hydroxyl groups excluding tert-OH is 1. The highest BCUT2D eigenvalue weighted by atomic mass is 79.9. The molecule has 2 atom stereocenters. The summed E-state index contributed by atoms with van der Waals surface area (Å²) in [5.74, 6) is -0.623. The highest BCUT2D eigenvalue weighted by Crippen LogP contribution is 2.37. The van der Waals surface area contributed by atoms with Gasteiger partial charge in [-0.3, -0.25) is 15.5 Å². The van der Waals surface area contributed by atoms with Crippen LogP contribution in [0.25, 0.3) is 0 Å². The number of nitrogens with zero attached hydrogens (tertiary/aromatic N) is 2. The number of allylic oxidation sites excluding steroid dienone is 1. The molecule has 2 amide bonds. The second kappa shape index (κ2) is 15.9. The standard InChI is InChI=1S/C31H31BrFN5O9/c1-4-45-25-13-19(28-27(30(40)44-3)17(2)35-31(41)36-28)9-10-24(25)46-16-26(39)37-34-14-18-11-21(32)29(23(12-18)38(42)43)47-15-20-7-5-6-8-22(20)33/h5-14,26,28,37,39H,4,15-16H2,1-3H3,(H2,35,36,41)/b34-14+/t26-,28+/m0/s1. The van der Waals surface area contributed by atoms with Crippen LogP contribution in [-0.4, -0.2) is 54.8 Å². The number of halogens is 2. The number of carbonyl (C=O) groups is 2. The van der Waals surface area contributed by atoms with Gasteiger partial charge in [-0.15, -0.1) is 0 Å². The number of nitro groups is 1. The Labute approximate surface area is 276 Å². The minimum Gasteiger partial charge on any atom is -0.490 e. The van der Waals surface area contributed by atoms with E-state index in [1.807, 2.05) is 0 Å². The van der Waals surface area contributed by atoms with Gasteiger partial charge in [0.1, 0.15) is 19.0 Å². The smallest absolute Gasteiger partial charge is 0.337 e. The van der Waals surface area contributed by atoms with Crippen LogP contribution in [0.4, 0.5) is 14.9 Å². The third-order valence-corrected chi connectivity index (χ3v) is 7.27. The first-order chi connectivity index (χ1) is 22.5. The molecule has 1 aliphatic rings. The predicted octanol–water partition coefficient (Wildman–Crippen LogP) is 4.60. The van der Waals surface area contributed by atoms with Gasteiger partial charge in [0.2, 0.25) is 5.75 Å². The van der Waals surface area contributed by atoms with E-state index in [0.717, 1.165) is 0 Å². The molecular weight excluding hydrogens is 685 g/mol. The molecule has 248 valence electrons. The lowest BCUT2D eigenvalue weighted by atomic mass is 9.95. The van der Waals surface area contributed by atoms with Crippen LogP contribution >= 0.6 is 15.9 Å². The van der Waals surface area contributed by atoms with E-state index in [4.69, 9.17) is 18.9 Å². The molecule has 47 heavy (non-hydrogen) atoms. The molecule has 0 saturated carbocycles. The molecular formula is C31H31BrFN5O9. The number of hydrogen-bond acceptors (Lipinski definition) is 11. The highest BCUT2D eigenvalue weighted by Gasteiger charge is 2.32. The average Bonchev–Trinajstić information content (AvgIpc) is 3.03. The monoisotopic (exact) mass is 715 g/mol. The normalized spacial score (nSPS) is 15.0. The van der Waals surface area contributed by atoms with Crippen molar-refractivity contribution in [3.8, 4) is 17.2 Å². The zero-order valence-corrected chi connectivity index (χ0v) is 27.0. The van der Waals surface area contributed by atoms with Crippen molar-refractivity contribution in [2.75, 3.05) is 20.3 Å². The first-order valence-corrected chi connectivity index (χ1v) is 14.9. The van der Waals surface area contributed by atoms with Crippen molar-refractivity contribution in [3.63, 3.8) is 0 Å². The summed E-state index contributed by atoms with van der Waals surface area (Å²) in [5.41, 5.74) is 3.75. The number of nitrogens with one attached hydrogen (secondary N) is 3. The van der Waals surface area contributed by atoms with Gasteiger partial charge in [0.05, 0.1) is 40.9 Å². The number of nitro benzene ring substituents is 1. The number of aliphatic hydroxyl groups is 1. The Hall–Kier alpha value is -5.22. The van der Waals surface area contributed by atoms with Gasteiger partial charge in [0.15, 0.2) is 17.7 Å². The van der Waals surface area contributed by atoms with Crippen LogP contribution in [0.5, 0.6) is 17.2 Å². The molecule has 0 saturated heterocycles. The Balaban J connectivity index is 1.41. The second-order valence-corrected chi connectivity index (χ2v) is 10.8. The molecule has 0 radical (unpaired) electrons. The summed E-state index contributed by atoms with van der Waals surface area (Å²) in [6.07, 6.45) is -0.0496. The molecule has 1 aliphatic heterocycles. The molecule has 0 unspecified atom stereocenters. The van der Waals surface area contributed by atoms with Crippen LogP contribution in [0.2, 0.25) is 0 Å². The summed E-state index contributed by atoms with van der Waals surface area (Å²) in [4.78, 5) is 35.7. The Morgan fingerprint density at radius 2 is 1.96 bits per heavy atom. The first-order valence-electron chi connectivity index (χ1n) is 14.1. The van der Waals surface area contributed by atoms with Gasteiger partial charge in [0, 0.05) is 22.9 Å². The van der Waals surface area contributed by atoms with Crippen LogP contribution in [0.3, 0.4) is 0 Å². The number of methoxy groups -OCH3 is 1. The number of rotatable bonds is 14. The largest absolute Gasteiger partial charge is 0.490 e. The molecule has 4 rings (SSSR count). The lowest BCUT2D eigenvalue weighted by Crippen LogP contribution is -2.45. The maximum absolute atomic E-state index is 14.0. The number of urea groups is 1. The summed E-state index contributed by atoms with van der Waals surface area (Å²) in [7, 11) is 1.24. The van der Waals surface area contributed by atoms with Crippen LogP contribution < -0.4 is 30.3 Å². The van der Waals surface area contributed by atoms with Crippen molar-refractivity contribution in [2.45, 2.75) is 32.7 Å². The summed E-state index contributed by atoms with van der Waals surface area (Å²) in [6.45, 7) is 3.13. The van der Waals surface area contributed by atoms with E-state index in [0.29, 0.717) is 22.6 Å². The van der Waals surface area contributed by atoms with Crippen LogP contribution in [0, 0.1) is 15.9 Å². The van der Waals surface area contributed by atoms with Crippen LogP contribution in [-0.2, 0) is 16.1 Å². The van der Waals surface area contributed by atoms with E-state index >= 15 is 0 Å². The van der Waals surface area contributed by atoms with E-state index < -0.39 is 35.0 Å². The number of benzene rings is 3. The van der Waals surface area contributed by atoms with E-state index in [2.05, 4.69) is 37.1 Å². The number of hydrogen-bond donors (Lipinski definition) is 4. The molecule has 3 aromatic carbocycles. The highest BCUT2D eigenvalue weighted by molar-refractivity contribution is 9.10. The van der Waals surface area contributed by atoms with Gasteiger partial charge >= 0.3 is 17.7 Å². The number of esters is 1. The van der Waals surface area contributed by atoms with Gasteiger partial charge in [-0.25, -0.2) is 14.0 Å². The fourth-order valence-corrected chi connectivity index (χ4v) is 5.12. The summed E-state index contributed by atoms with van der Waals surface area (Å²) < 4.78 is 36.1. The summed E-state index contributed by atoms with van der Waals surface area (Å²) in [6, 6.07) is 12.2. The lowest BCUT2D eigenvalue weighted by Gasteiger charge is -2.28. The zero-order chi connectivity index (χ0) is 34.1. The van der Waals surface area contributed by atoms with Crippen molar-refractivity contribution in [2.24, 2.45) is 5.10 Å². The molecule has 0 fully saturated rings. The summed E-state index contributed by atoms with van der Waals surface area (Å²) >= 11 is 3.26. The predicted molar refractivity (Wildman–Crippen MR) is 170 cm³/mol. The van der Waals surface area contributed by atoms with Crippen molar-refractivity contribution in [3.05, 3.63) is 103 Å². The Kier molecular flexibility index (Phi) is 11.7. The topological polar surface area (TPSA) is 183 Å². The molecule has 0 aromatic heterocycles. The average molecular weight is 717 g/mol. The van der Waals surface area contributed by atoms with Crippen molar-refractivity contribution >= 4 is 39.8 Å². The third-order valence-electron chi connectivity index (χ3n) is 6.68. The molecule has 4 N–H and O–H groups in total. The number of amides is 2. The maximum Gasteiger partial charge on any atom is 0.337 e. The Morgan fingerprint density at radius 1 is 1.19 bits per heavy atom. The first kappa shape index (κ1) is 34.6. The fraction of sp³-hybridized carbons (Fsp3) is 0.258. The fourth-order valence-electron chi connectivity index (χ4n) is 4.54. The lowest BCUT2D eigenvalue weighted by molar-refractivity contribution is -0.386. The van der Waals surface area contributed by atoms with Gasteiger partial charge in [-0.1, -0.05) is 24.3 Å². The Morgan fingerprint density at radius 3 is 2.66 bits per heavy atom. The quantitative estimate of drug-likeness (QED) is 0.0605. The molecule has 14 nitrogen and oxygen atoms in total. The molecule has 3 aromatic rings. The van der Waals surface area contributed by atoms with E-state index in [-0.39, 0.29) is 52.6 Å². The maximum atomic E-state index is 14.0. The minimum atomic E-state index is -1.30. The number of ether oxygens (including phenoxy) is 4. The van der Waals surface area contributed by atoms with Gasteiger partial charge in [-0.2, -0.15) is 5.10 Å². The zero-order valence-electron chi connectivity index (χ0n) is 25.4. The van der Waals surface area contributed by atoms with Gasteiger partial charge < -0.3 is 34.7 Å². The van der Waals surface area contributed by atoms with Crippen molar-refractivity contribution in [1.82, 2.24) is 16.1 Å². The van der Waals surface area contributed by atoms with E-state index in [9.17, 15) is 29.2 Å². The molecule has 0 aliphatic carbocycles. The SMILES string of the molecule is CCOc1cc([C@H]2NC(=O)NC(C)=C2C(=O)OC)ccc1OC[C@H](O)N/N=C/c1cc(Br)c(OCc2ccccc2F)c([N+](=O)[O-])c1. The Bertz CT molecular complexity index is 1720. The summed E-state index contributed by atoms with van der Waals surface area (Å²) in [5, 5.41) is 31.4.